The van der Waals surface area contributed by atoms with Crippen molar-refractivity contribution in [3.05, 3.63) is 30.3 Å². The number of rotatable bonds is 2. The first-order valence-electron chi connectivity index (χ1n) is 4.42. The van der Waals surface area contributed by atoms with Crippen molar-refractivity contribution in [1.82, 2.24) is 14.8 Å². The number of nitrogens with zero attached hydrogens (tertiary/aromatic N) is 3. The Morgan fingerprint density at radius 3 is 2.31 bits per heavy atom. The molecule has 0 amide bonds. The average molecular weight is 239 g/mol. The molecule has 0 aliphatic carbocycles. The molecule has 1 N–H and O–H groups in total. The predicted molar refractivity (Wildman–Crippen MR) is 56.3 cm³/mol. The van der Waals surface area contributed by atoms with Crippen LogP contribution in [0.25, 0.3) is 11.4 Å². The Bertz CT molecular complexity index is 604. The maximum absolute atomic E-state index is 10.9. The Labute approximate surface area is 92.3 Å². The van der Waals surface area contributed by atoms with Crippen LogP contribution in [0.5, 0.6) is 0 Å². The fourth-order valence-electron chi connectivity index (χ4n) is 1.38. The highest BCUT2D eigenvalue weighted by Crippen LogP contribution is 2.18. The molecule has 0 aliphatic rings. The summed E-state index contributed by atoms with van der Waals surface area (Å²) in [6.07, 6.45) is 0. The molecule has 7 heteroatoms. The topological polar surface area (TPSA) is 85.1 Å². The lowest BCUT2D eigenvalue weighted by molar-refractivity contribution is 0.468. The maximum Gasteiger partial charge on any atom is 0.330 e. The molecular formula is C9H9N3O3S. The van der Waals surface area contributed by atoms with Gasteiger partial charge in [0, 0.05) is 12.6 Å². The van der Waals surface area contributed by atoms with E-state index in [0.717, 1.165) is 5.56 Å². The molecule has 0 radical (unpaired) electrons. The quantitative estimate of drug-likeness (QED) is 0.781. The second-order valence-electron chi connectivity index (χ2n) is 3.21. The highest BCUT2D eigenvalue weighted by molar-refractivity contribution is 7.85. The zero-order chi connectivity index (χ0) is 11.8. The van der Waals surface area contributed by atoms with Gasteiger partial charge in [0.15, 0.2) is 5.82 Å². The summed E-state index contributed by atoms with van der Waals surface area (Å²) in [5, 5.41) is 6.70. The zero-order valence-electron chi connectivity index (χ0n) is 8.40. The van der Waals surface area contributed by atoms with Crippen molar-refractivity contribution in [3.8, 4) is 11.4 Å². The second-order valence-corrected chi connectivity index (χ2v) is 4.52. The van der Waals surface area contributed by atoms with E-state index in [4.69, 9.17) is 4.55 Å². The van der Waals surface area contributed by atoms with Crippen molar-refractivity contribution >= 4 is 10.1 Å². The van der Waals surface area contributed by atoms with E-state index >= 15 is 0 Å². The van der Waals surface area contributed by atoms with Gasteiger partial charge in [0.25, 0.3) is 5.16 Å². The number of aromatic nitrogens is 3. The first kappa shape index (κ1) is 10.8. The number of benzene rings is 1. The van der Waals surface area contributed by atoms with Crippen molar-refractivity contribution < 1.29 is 13.0 Å². The van der Waals surface area contributed by atoms with E-state index in [1.54, 1.807) is 24.3 Å². The SMILES string of the molecule is Cn1c(-c2ccccc2)nnc1S(=O)(=O)O. The molecule has 2 aromatic rings. The molecule has 0 aliphatic heterocycles. The molecule has 84 valence electrons. The minimum Gasteiger partial charge on any atom is -0.299 e. The van der Waals surface area contributed by atoms with Gasteiger partial charge in [-0.15, -0.1) is 10.2 Å². The Hall–Kier alpha value is -1.73. The van der Waals surface area contributed by atoms with Gasteiger partial charge in [-0.2, -0.15) is 8.42 Å². The fraction of sp³-hybridized carbons (Fsp3) is 0.111. The molecule has 0 spiro atoms. The van der Waals surface area contributed by atoms with Crippen LogP contribution in [0, 0.1) is 0 Å². The van der Waals surface area contributed by atoms with Gasteiger partial charge in [0.1, 0.15) is 0 Å². The predicted octanol–water partition coefficient (Wildman–Crippen LogP) is 0.729. The number of hydrogen-bond donors (Lipinski definition) is 1. The van der Waals surface area contributed by atoms with E-state index in [2.05, 4.69) is 10.2 Å². The summed E-state index contributed by atoms with van der Waals surface area (Å²) in [5.74, 6) is 0.383. The lowest BCUT2D eigenvalue weighted by Crippen LogP contribution is -2.07. The molecule has 1 aromatic heterocycles. The van der Waals surface area contributed by atoms with Crippen LogP contribution in [-0.4, -0.2) is 27.7 Å². The van der Waals surface area contributed by atoms with Crippen LogP contribution in [0.1, 0.15) is 0 Å². The van der Waals surface area contributed by atoms with Crippen LogP contribution >= 0.6 is 0 Å². The van der Waals surface area contributed by atoms with Crippen molar-refractivity contribution in [1.29, 1.82) is 0 Å². The fourth-order valence-corrected chi connectivity index (χ4v) is 1.95. The van der Waals surface area contributed by atoms with E-state index in [0.29, 0.717) is 5.82 Å². The van der Waals surface area contributed by atoms with Gasteiger partial charge < -0.3 is 0 Å². The molecule has 16 heavy (non-hydrogen) atoms. The van der Waals surface area contributed by atoms with Gasteiger partial charge in [0.05, 0.1) is 0 Å². The molecule has 1 heterocycles. The Morgan fingerprint density at radius 1 is 1.19 bits per heavy atom. The third-order valence-electron chi connectivity index (χ3n) is 2.10. The first-order chi connectivity index (χ1) is 7.50. The average Bonchev–Trinajstić information content (AvgIpc) is 2.61. The van der Waals surface area contributed by atoms with Crippen molar-refractivity contribution in [3.63, 3.8) is 0 Å². The van der Waals surface area contributed by atoms with Crippen molar-refractivity contribution in [2.24, 2.45) is 7.05 Å². The zero-order valence-corrected chi connectivity index (χ0v) is 9.22. The summed E-state index contributed by atoms with van der Waals surface area (Å²) < 4.78 is 32.0. The third-order valence-corrected chi connectivity index (χ3v) is 2.91. The minimum atomic E-state index is -4.33. The van der Waals surface area contributed by atoms with Gasteiger partial charge in [-0.25, -0.2) is 0 Å². The summed E-state index contributed by atoms with van der Waals surface area (Å²) in [4.78, 5) is 0. The molecule has 0 atom stereocenters. The van der Waals surface area contributed by atoms with Crippen LogP contribution in [-0.2, 0) is 17.2 Å². The Kier molecular flexibility index (Phi) is 2.49. The van der Waals surface area contributed by atoms with E-state index in [1.807, 2.05) is 6.07 Å². The van der Waals surface area contributed by atoms with Crippen LogP contribution < -0.4 is 0 Å². The van der Waals surface area contributed by atoms with Gasteiger partial charge in [-0.1, -0.05) is 30.3 Å². The van der Waals surface area contributed by atoms with E-state index in [1.165, 1.54) is 11.6 Å². The molecule has 0 unspecified atom stereocenters. The molecule has 0 saturated carbocycles. The van der Waals surface area contributed by atoms with E-state index in [9.17, 15) is 8.42 Å². The normalized spacial score (nSPS) is 11.6. The van der Waals surface area contributed by atoms with Crippen LogP contribution in [0.4, 0.5) is 0 Å². The standard InChI is InChI=1S/C9H9N3O3S/c1-12-8(7-5-3-2-4-6-7)10-11-9(12)16(13,14)15/h2-6H,1H3,(H,13,14,15). The number of hydrogen-bond acceptors (Lipinski definition) is 4. The highest BCUT2D eigenvalue weighted by Gasteiger charge is 2.20. The second kappa shape index (κ2) is 3.69. The van der Waals surface area contributed by atoms with E-state index < -0.39 is 15.3 Å². The summed E-state index contributed by atoms with van der Waals surface area (Å²) in [7, 11) is -2.85. The van der Waals surface area contributed by atoms with Crippen LogP contribution in [0.15, 0.2) is 35.5 Å². The molecule has 1 aromatic carbocycles. The van der Waals surface area contributed by atoms with Crippen molar-refractivity contribution in [2.75, 3.05) is 0 Å². The maximum atomic E-state index is 10.9. The Balaban J connectivity index is 2.59. The summed E-state index contributed by atoms with van der Waals surface area (Å²) in [6.45, 7) is 0. The van der Waals surface area contributed by atoms with Gasteiger partial charge in [0.2, 0.25) is 0 Å². The molecule has 0 fully saturated rings. The van der Waals surface area contributed by atoms with Gasteiger partial charge in [-0.05, 0) is 0 Å². The first-order valence-corrected chi connectivity index (χ1v) is 5.86. The van der Waals surface area contributed by atoms with Crippen LogP contribution in [0.2, 0.25) is 0 Å². The molecule has 6 nitrogen and oxygen atoms in total. The smallest absolute Gasteiger partial charge is 0.299 e. The largest absolute Gasteiger partial charge is 0.330 e. The van der Waals surface area contributed by atoms with Crippen LogP contribution in [0.3, 0.4) is 0 Å². The lowest BCUT2D eigenvalue weighted by atomic mass is 10.2. The summed E-state index contributed by atoms with van der Waals surface area (Å²) >= 11 is 0. The van der Waals surface area contributed by atoms with Gasteiger partial charge in [-0.3, -0.25) is 9.12 Å². The van der Waals surface area contributed by atoms with Gasteiger partial charge >= 0.3 is 10.1 Å². The molecule has 2 rings (SSSR count). The molecular weight excluding hydrogens is 230 g/mol. The highest BCUT2D eigenvalue weighted by atomic mass is 32.2. The summed E-state index contributed by atoms with van der Waals surface area (Å²) in [6, 6.07) is 8.99. The Morgan fingerprint density at radius 2 is 1.81 bits per heavy atom. The molecule has 0 saturated heterocycles. The monoisotopic (exact) mass is 239 g/mol. The third kappa shape index (κ3) is 1.82. The van der Waals surface area contributed by atoms with Crippen molar-refractivity contribution in [2.45, 2.75) is 5.16 Å². The van der Waals surface area contributed by atoms with E-state index in [-0.39, 0.29) is 0 Å². The lowest BCUT2D eigenvalue weighted by Gasteiger charge is -2.01. The molecule has 0 bridgehead atoms. The minimum absolute atomic E-state index is 0.383. The summed E-state index contributed by atoms with van der Waals surface area (Å²) in [5.41, 5.74) is 0.729.